The van der Waals surface area contributed by atoms with Crippen LogP contribution in [-0.2, 0) is 5.66 Å². The molecule has 0 saturated heterocycles. The van der Waals surface area contributed by atoms with Gasteiger partial charge in [0.15, 0.2) is 5.66 Å². The Morgan fingerprint density at radius 2 is 2.07 bits per heavy atom. The highest BCUT2D eigenvalue weighted by Gasteiger charge is 2.30. The first-order valence-corrected chi connectivity index (χ1v) is 4.40. The lowest BCUT2D eigenvalue weighted by Gasteiger charge is -2.19. The number of pyridine rings is 1. The number of rotatable bonds is 2. The third-order valence-electron chi connectivity index (χ3n) is 2.28. The van der Waals surface area contributed by atoms with E-state index in [1.165, 1.54) is 12.4 Å². The third-order valence-corrected chi connectivity index (χ3v) is 2.28. The number of aliphatic imine (C=N–C) groups is 2. The fourth-order valence-corrected chi connectivity index (χ4v) is 1.51. The summed E-state index contributed by atoms with van der Waals surface area (Å²) in [5.74, 6) is -1.02. The lowest BCUT2D eigenvalue weighted by Crippen LogP contribution is -2.18. The number of aromatic nitrogens is 1. The summed E-state index contributed by atoms with van der Waals surface area (Å²) in [5.41, 5.74) is -0.136. The van der Waals surface area contributed by atoms with Gasteiger partial charge in [0.25, 0.3) is 0 Å². The molecule has 5 nitrogen and oxygen atoms in total. The molecule has 0 spiro atoms. The van der Waals surface area contributed by atoms with Crippen molar-refractivity contribution in [2.45, 2.75) is 12.6 Å². The molecular formula is C10H9N3O2. The Hall–Kier alpha value is -2.04. The molecule has 0 saturated carbocycles. The van der Waals surface area contributed by atoms with Crippen molar-refractivity contribution in [3.05, 3.63) is 29.6 Å². The summed E-state index contributed by atoms with van der Waals surface area (Å²) in [6.07, 6.45) is 5.97. The lowest BCUT2D eigenvalue weighted by atomic mass is 9.99. The number of carbonyl (C=O) groups is 1. The Labute approximate surface area is 86.2 Å². The first kappa shape index (κ1) is 9.51. The Balaban J connectivity index is 2.57. The van der Waals surface area contributed by atoms with Gasteiger partial charge in [-0.2, -0.15) is 0 Å². The molecule has 76 valence electrons. The number of nitrogens with zero attached hydrogens (tertiary/aromatic N) is 3. The van der Waals surface area contributed by atoms with E-state index in [0.717, 1.165) is 0 Å². The first-order chi connectivity index (χ1) is 7.13. The smallest absolute Gasteiger partial charge is 0.337 e. The van der Waals surface area contributed by atoms with Crippen molar-refractivity contribution in [3.8, 4) is 0 Å². The van der Waals surface area contributed by atoms with Crippen LogP contribution < -0.4 is 0 Å². The van der Waals surface area contributed by atoms with E-state index in [1.807, 2.05) is 0 Å². The van der Waals surface area contributed by atoms with Crippen molar-refractivity contribution in [2.75, 3.05) is 0 Å². The molecule has 2 heterocycles. The van der Waals surface area contributed by atoms with E-state index in [1.54, 1.807) is 25.4 Å². The minimum absolute atomic E-state index is 0.135. The van der Waals surface area contributed by atoms with Gasteiger partial charge in [-0.15, -0.1) is 0 Å². The van der Waals surface area contributed by atoms with Gasteiger partial charge in [0.1, 0.15) is 0 Å². The highest BCUT2D eigenvalue weighted by molar-refractivity contribution is 6.17. The largest absolute Gasteiger partial charge is 0.478 e. The molecule has 0 aromatic carbocycles. The number of carboxylic acids is 1. The van der Waals surface area contributed by atoms with Crippen LogP contribution in [0.1, 0.15) is 22.8 Å². The maximum absolute atomic E-state index is 11.0. The molecule has 1 aromatic heterocycles. The minimum atomic E-state index is -1.02. The second-order valence-corrected chi connectivity index (χ2v) is 3.30. The lowest BCUT2D eigenvalue weighted by molar-refractivity contribution is 0.0693. The predicted octanol–water partition coefficient (Wildman–Crippen LogP) is 1.11. The van der Waals surface area contributed by atoms with Crippen molar-refractivity contribution in [2.24, 2.45) is 9.98 Å². The van der Waals surface area contributed by atoms with Crippen molar-refractivity contribution in [1.29, 1.82) is 0 Å². The summed E-state index contributed by atoms with van der Waals surface area (Å²) in [5, 5.41) is 9.00. The molecule has 1 aliphatic heterocycles. The van der Waals surface area contributed by atoms with Gasteiger partial charge in [-0.1, -0.05) is 0 Å². The molecule has 2 rings (SSSR count). The summed E-state index contributed by atoms with van der Waals surface area (Å²) >= 11 is 0. The average molecular weight is 203 g/mol. The van der Waals surface area contributed by atoms with Crippen LogP contribution in [0.3, 0.4) is 0 Å². The van der Waals surface area contributed by atoms with Crippen LogP contribution in [0.4, 0.5) is 0 Å². The molecule has 5 heteroatoms. The van der Waals surface area contributed by atoms with Crippen LogP contribution in [-0.4, -0.2) is 28.5 Å². The topological polar surface area (TPSA) is 74.9 Å². The van der Waals surface area contributed by atoms with Crippen LogP contribution in [0.25, 0.3) is 0 Å². The predicted molar refractivity (Wildman–Crippen MR) is 55.5 cm³/mol. The summed E-state index contributed by atoms with van der Waals surface area (Å²) in [4.78, 5) is 23.0. The van der Waals surface area contributed by atoms with E-state index < -0.39 is 11.6 Å². The molecular weight excluding hydrogens is 194 g/mol. The standard InChI is InChI=1S/C10H9N3O2/c1-10(12-4-5-13-10)8-2-3-11-6-7(8)9(14)15/h2-6H,1H3,(H,14,15). The zero-order chi connectivity index (χ0) is 10.9. The van der Waals surface area contributed by atoms with Crippen molar-refractivity contribution >= 4 is 18.4 Å². The van der Waals surface area contributed by atoms with Crippen molar-refractivity contribution in [1.82, 2.24) is 4.98 Å². The summed E-state index contributed by atoms with van der Waals surface area (Å²) < 4.78 is 0. The van der Waals surface area contributed by atoms with Crippen LogP contribution in [0, 0.1) is 0 Å². The Morgan fingerprint density at radius 1 is 1.40 bits per heavy atom. The quantitative estimate of drug-likeness (QED) is 0.782. The van der Waals surface area contributed by atoms with E-state index in [4.69, 9.17) is 5.11 Å². The third kappa shape index (κ3) is 1.52. The van der Waals surface area contributed by atoms with Crippen LogP contribution in [0.15, 0.2) is 28.4 Å². The Bertz CT molecular complexity index is 453. The van der Waals surface area contributed by atoms with Gasteiger partial charge in [0.05, 0.1) is 5.56 Å². The van der Waals surface area contributed by atoms with E-state index in [2.05, 4.69) is 15.0 Å². The maximum Gasteiger partial charge on any atom is 0.337 e. The number of carboxylic acid groups (broad SMARTS) is 1. The molecule has 0 amide bonds. The molecule has 0 atom stereocenters. The molecule has 1 aliphatic rings. The maximum atomic E-state index is 11.0. The molecule has 0 unspecified atom stereocenters. The highest BCUT2D eigenvalue weighted by atomic mass is 16.4. The van der Waals surface area contributed by atoms with E-state index in [-0.39, 0.29) is 5.56 Å². The van der Waals surface area contributed by atoms with Crippen LogP contribution in [0.5, 0.6) is 0 Å². The van der Waals surface area contributed by atoms with Gasteiger partial charge in [-0.25, -0.2) is 4.79 Å². The Morgan fingerprint density at radius 3 is 2.67 bits per heavy atom. The first-order valence-electron chi connectivity index (χ1n) is 4.40. The van der Waals surface area contributed by atoms with Gasteiger partial charge >= 0.3 is 5.97 Å². The second-order valence-electron chi connectivity index (χ2n) is 3.30. The summed E-state index contributed by atoms with van der Waals surface area (Å²) in [6.45, 7) is 1.76. The van der Waals surface area contributed by atoms with Crippen LogP contribution >= 0.6 is 0 Å². The van der Waals surface area contributed by atoms with E-state index >= 15 is 0 Å². The van der Waals surface area contributed by atoms with Gasteiger partial charge in [-0.05, 0) is 13.0 Å². The SMILES string of the molecule is CC1(c2ccncc2C(=O)O)N=CC=N1. The molecule has 1 aromatic rings. The van der Waals surface area contributed by atoms with Crippen LogP contribution in [0.2, 0.25) is 0 Å². The molecule has 0 aliphatic carbocycles. The summed E-state index contributed by atoms with van der Waals surface area (Å²) in [6, 6.07) is 1.63. The zero-order valence-electron chi connectivity index (χ0n) is 8.08. The molecule has 15 heavy (non-hydrogen) atoms. The second kappa shape index (κ2) is 3.27. The fourth-order valence-electron chi connectivity index (χ4n) is 1.51. The van der Waals surface area contributed by atoms with Crippen molar-refractivity contribution in [3.63, 3.8) is 0 Å². The number of hydrogen-bond acceptors (Lipinski definition) is 4. The number of hydrogen-bond donors (Lipinski definition) is 1. The fraction of sp³-hybridized carbons (Fsp3) is 0.200. The van der Waals surface area contributed by atoms with Gasteiger partial charge in [0, 0.05) is 30.4 Å². The van der Waals surface area contributed by atoms with Gasteiger partial charge in [-0.3, -0.25) is 15.0 Å². The summed E-state index contributed by atoms with van der Waals surface area (Å²) in [7, 11) is 0. The number of aromatic carboxylic acids is 1. The van der Waals surface area contributed by atoms with Gasteiger partial charge < -0.3 is 5.11 Å². The van der Waals surface area contributed by atoms with E-state index in [9.17, 15) is 4.79 Å². The minimum Gasteiger partial charge on any atom is -0.478 e. The molecule has 1 N–H and O–H groups in total. The molecule has 0 bridgehead atoms. The Kier molecular flexibility index (Phi) is 2.07. The average Bonchev–Trinajstić information content (AvgIpc) is 2.66. The van der Waals surface area contributed by atoms with E-state index in [0.29, 0.717) is 5.56 Å². The monoisotopic (exact) mass is 203 g/mol. The zero-order valence-corrected chi connectivity index (χ0v) is 8.08. The normalized spacial score (nSPS) is 16.9. The highest BCUT2D eigenvalue weighted by Crippen LogP contribution is 2.30. The molecule has 0 radical (unpaired) electrons. The van der Waals surface area contributed by atoms with Gasteiger partial charge in [0.2, 0.25) is 0 Å². The van der Waals surface area contributed by atoms with Crippen molar-refractivity contribution < 1.29 is 9.90 Å². The molecule has 0 fully saturated rings.